The third kappa shape index (κ3) is 3.36. The maximum atomic E-state index is 12.7. The zero-order valence-corrected chi connectivity index (χ0v) is 15.7. The SMILES string of the molecule is C[C@H]1CCCCN1Cc1nc2scc(-c3ccc(Cl)cc3)c2c(=O)[nH]1. The highest BCUT2D eigenvalue weighted by molar-refractivity contribution is 7.17. The monoisotopic (exact) mass is 373 g/mol. The second-order valence-corrected chi connectivity index (χ2v) is 7.96. The van der Waals surface area contributed by atoms with Gasteiger partial charge in [0, 0.05) is 22.0 Å². The molecule has 1 fully saturated rings. The van der Waals surface area contributed by atoms with E-state index in [1.165, 1.54) is 30.6 Å². The number of rotatable bonds is 3. The summed E-state index contributed by atoms with van der Waals surface area (Å²) in [5.41, 5.74) is 1.85. The zero-order chi connectivity index (χ0) is 17.4. The summed E-state index contributed by atoms with van der Waals surface area (Å²) in [6, 6.07) is 8.10. The van der Waals surface area contributed by atoms with Crippen LogP contribution in [-0.4, -0.2) is 27.5 Å². The third-order valence-electron chi connectivity index (χ3n) is 4.94. The molecule has 0 spiro atoms. The van der Waals surface area contributed by atoms with Crippen LogP contribution in [0.3, 0.4) is 0 Å². The van der Waals surface area contributed by atoms with Crippen molar-refractivity contribution in [1.29, 1.82) is 0 Å². The number of H-pyrrole nitrogens is 1. The standard InChI is InChI=1S/C19H20ClN3OS/c1-12-4-2-3-9-23(12)10-16-21-18(24)17-15(11-25-19(17)22-16)13-5-7-14(20)8-6-13/h5-8,11-12H,2-4,9-10H2,1H3,(H,21,22,24)/t12-/m0/s1. The lowest BCUT2D eigenvalue weighted by molar-refractivity contribution is 0.149. The number of benzene rings is 1. The van der Waals surface area contributed by atoms with Crippen LogP contribution in [0.15, 0.2) is 34.4 Å². The van der Waals surface area contributed by atoms with Crippen molar-refractivity contribution >= 4 is 33.2 Å². The van der Waals surface area contributed by atoms with E-state index in [0.717, 1.165) is 28.3 Å². The fourth-order valence-electron chi connectivity index (χ4n) is 3.50. The minimum absolute atomic E-state index is 0.0594. The Morgan fingerprint density at radius 2 is 2.12 bits per heavy atom. The van der Waals surface area contributed by atoms with E-state index in [0.29, 0.717) is 23.0 Å². The Bertz CT molecular complexity index is 947. The summed E-state index contributed by atoms with van der Waals surface area (Å²) in [7, 11) is 0. The van der Waals surface area contributed by atoms with Gasteiger partial charge in [0.2, 0.25) is 0 Å². The van der Waals surface area contributed by atoms with Crippen LogP contribution in [-0.2, 0) is 6.54 Å². The van der Waals surface area contributed by atoms with Gasteiger partial charge in [0.05, 0.1) is 11.9 Å². The predicted octanol–water partition coefficient (Wildman–Crippen LogP) is 4.68. The van der Waals surface area contributed by atoms with Crippen LogP contribution in [0.2, 0.25) is 5.02 Å². The lowest BCUT2D eigenvalue weighted by atomic mass is 10.0. The summed E-state index contributed by atoms with van der Waals surface area (Å²) in [6.45, 7) is 4.03. The summed E-state index contributed by atoms with van der Waals surface area (Å²) in [5, 5.41) is 3.36. The van der Waals surface area contributed by atoms with Crippen LogP contribution >= 0.6 is 22.9 Å². The van der Waals surface area contributed by atoms with E-state index in [4.69, 9.17) is 16.6 Å². The molecule has 1 aromatic carbocycles. The molecule has 1 N–H and O–H groups in total. The fraction of sp³-hybridized carbons (Fsp3) is 0.368. The van der Waals surface area contributed by atoms with E-state index in [1.54, 1.807) is 0 Å². The Kier molecular flexibility index (Phi) is 4.63. The first-order chi connectivity index (χ1) is 12.1. The average molecular weight is 374 g/mol. The van der Waals surface area contributed by atoms with Crippen molar-refractivity contribution in [3.05, 3.63) is 50.8 Å². The maximum Gasteiger partial charge on any atom is 0.260 e. The highest BCUT2D eigenvalue weighted by atomic mass is 35.5. The topological polar surface area (TPSA) is 49.0 Å². The molecule has 0 saturated carbocycles. The van der Waals surface area contributed by atoms with E-state index in [-0.39, 0.29) is 5.56 Å². The van der Waals surface area contributed by atoms with Crippen LogP contribution in [0.5, 0.6) is 0 Å². The summed E-state index contributed by atoms with van der Waals surface area (Å²) >= 11 is 7.49. The average Bonchev–Trinajstić information content (AvgIpc) is 3.02. The van der Waals surface area contributed by atoms with Crippen molar-refractivity contribution in [2.75, 3.05) is 6.54 Å². The molecular weight excluding hydrogens is 354 g/mol. The van der Waals surface area contributed by atoms with Crippen LogP contribution in [0.25, 0.3) is 21.3 Å². The number of aromatic amines is 1. The molecule has 1 aliphatic rings. The number of nitrogens with zero attached hydrogens (tertiary/aromatic N) is 2. The lowest BCUT2D eigenvalue weighted by Gasteiger charge is -2.32. The molecule has 1 saturated heterocycles. The van der Waals surface area contributed by atoms with Gasteiger partial charge in [-0.1, -0.05) is 30.2 Å². The van der Waals surface area contributed by atoms with E-state index < -0.39 is 0 Å². The second kappa shape index (κ2) is 6.90. The first-order valence-corrected chi connectivity index (χ1v) is 9.88. The minimum Gasteiger partial charge on any atom is -0.309 e. The molecule has 2 aromatic heterocycles. The van der Waals surface area contributed by atoms with E-state index in [1.807, 2.05) is 29.6 Å². The number of likely N-dealkylation sites (tertiary alicyclic amines) is 1. The van der Waals surface area contributed by atoms with Gasteiger partial charge in [0.15, 0.2) is 0 Å². The van der Waals surface area contributed by atoms with Gasteiger partial charge < -0.3 is 4.98 Å². The number of nitrogens with one attached hydrogen (secondary N) is 1. The molecule has 1 atom stereocenters. The first kappa shape index (κ1) is 16.8. The Labute approximate surface area is 155 Å². The van der Waals surface area contributed by atoms with Crippen molar-refractivity contribution in [3.8, 4) is 11.1 Å². The molecular formula is C19H20ClN3OS. The van der Waals surface area contributed by atoms with Crippen molar-refractivity contribution in [3.63, 3.8) is 0 Å². The Hall–Kier alpha value is -1.69. The molecule has 0 radical (unpaired) electrons. The molecule has 0 bridgehead atoms. The number of hydrogen-bond acceptors (Lipinski definition) is 4. The number of piperidine rings is 1. The predicted molar refractivity (Wildman–Crippen MR) is 104 cm³/mol. The van der Waals surface area contributed by atoms with Gasteiger partial charge in [-0.05, 0) is 44.0 Å². The smallest absolute Gasteiger partial charge is 0.260 e. The minimum atomic E-state index is -0.0594. The number of halogens is 1. The van der Waals surface area contributed by atoms with Gasteiger partial charge in [-0.2, -0.15) is 0 Å². The van der Waals surface area contributed by atoms with Gasteiger partial charge in [0.25, 0.3) is 5.56 Å². The van der Waals surface area contributed by atoms with Crippen molar-refractivity contribution in [1.82, 2.24) is 14.9 Å². The molecule has 25 heavy (non-hydrogen) atoms. The number of fused-ring (bicyclic) bond motifs is 1. The Morgan fingerprint density at radius 1 is 1.32 bits per heavy atom. The quantitative estimate of drug-likeness (QED) is 0.725. The van der Waals surface area contributed by atoms with E-state index in [9.17, 15) is 4.79 Å². The van der Waals surface area contributed by atoms with Crippen molar-refractivity contribution < 1.29 is 0 Å². The molecule has 4 nitrogen and oxygen atoms in total. The fourth-order valence-corrected chi connectivity index (χ4v) is 4.59. The maximum absolute atomic E-state index is 12.7. The van der Waals surface area contributed by atoms with Crippen LogP contribution in [0.1, 0.15) is 32.0 Å². The Morgan fingerprint density at radius 3 is 2.88 bits per heavy atom. The van der Waals surface area contributed by atoms with Gasteiger partial charge >= 0.3 is 0 Å². The summed E-state index contributed by atoms with van der Waals surface area (Å²) in [4.78, 5) is 23.6. The van der Waals surface area contributed by atoms with Crippen LogP contribution < -0.4 is 5.56 Å². The zero-order valence-electron chi connectivity index (χ0n) is 14.1. The van der Waals surface area contributed by atoms with Crippen LogP contribution in [0.4, 0.5) is 0 Å². The number of hydrogen-bond donors (Lipinski definition) is 1. The van der Waals surface area contributed by atoms with Gasteiger partial charge in [0.1, 0.15) is 10.7 Å². The van der Waals surface area contributed by atoms with Crippen molar-refractivity contribution in [2.24, 2.45) is 0 Å². The highest BCUT2D eigenvalue weighted by Crippen LogP contribution is 2.31. The number of thiophene rings is 1. The third-order valence-corrected chi connectivity index (χ3v) is 6.07. The molecule has 3 heterocycles. The van der Waals surface area contributed by atoms with Crippen molar-refractivity contribution in [2.45, 2.75) is 38.8 Å². The molecule has 4 rings (SSSR count). The molecule has 130 valence electrons. The van der Waals surface area contributed by atoms with E-state index >= 15 is 0 Å². The summed E-state index contributed by atoms with van der Waals surface area (Å²) in [6.07, 6.45) is 3.72. The van der Waals surface area contributed by atoms with Gasteiger partial charge in [-0.3, -0.25) is 9.69 Å². The molecule has 1 aliphatic heterocycles. The molecule has 6 heteroatoms. The number of aromatic nitrogens is 2. The van der Waals surface area contributed by atoms with Crippen LogP contribution in [0, 0.1) is 0 Å². The second-order valence-electron chi connectivity index (χ2n) is 6.66. The lowest BCUT2D eigenvalue weighted by Crippen LogP contribution is -2.37. The van der Waals surface area contributed by atoms with Gasteiger partial charge in [-0.25, -0.2) is 4.98 Å². The van der Waals surface area contributed by atoms with E-state index in [2.05, 4.69) is 16.8 Å². The molecule has 0 amide bonds. The highest BCUT2D eigenvalue weighted by Gasteiger charge is 2.20. The summed E-state index contributed by atoms with van der Waals surface area (Å²) < 4.78 is 0. The van der Waals surface area contributed by atoms with Gasteiger partial charge in [-0.15, -0.1) is 11.3 Å². The summed E-state index contributed by atoms with van der Waals surface area (Å²) in [5.74, 6) is 0.760. The normalized spacial score (nSPS) is 18.7. The molecule has 3 aromatic rings. The first-order valence-electron chi connectivity index (χ1n) is 8.62. The molecule has 0 unspecified atom stereocenters. The Balaban J connectivity index is 1.69. The molecule has 0 aliphatic carbocycles. The largest absolute Gasteiger partial charge is 0.309 e.